The van der Waals surface area contributed by atoms with Gasteiger partial charge in [0.05, 0.1) is 11.3 Å². The minimum absolute atomic E-state index is 0.123. The van der Waals surface area contributed by atoms with Gasteiger partial charge in [0.15, 0.2) is 0 Å². The number of nitrogens with zero attached hydrogens (tertiary/aromatic N) is 2. The molecule has 1 aromatic heterocycles. The van der Waals surface area contributed by atoms with Crippen molar-refractivity contribution in [1.29, 1.82) is 5.26 Å². The molecule has 0 unspecified atom stereocenters. The standard InChI is InChI=1S/C35H34N2S/c1-25-6-10-27(11-7-25)14-18-30-22-32(21-17-28-12-8-26(2)9-13-28)37-34(33(30)23-36)38-24-29-15-19-31(20-16-29)35(3,4)5/h6-22H,24H2,1-5H3/b18-14+,21-17+. The second-order valence-corrected chi connectivity index (χ2v) is 11.6. The van der Waals surface area contributed by atoms with Crippen LogP contribution in [-0.4, -0.2) is 4.98 Å². The number of rotatable bonds is 7. The molecule has 0 aliphatic carbocycles. The Bertz CT molecular complexity index is 1480. The largest absolute Gasteiger partial charge is 0.241 e. The third-order valence-electron chi connectivity index (χ3n) is 6.40. The summed E-state index contributed by atoms with van der Waals surface area (Å²) in [6, 6.07) is 30.0. The van der Waals surface area contributed by atoms with Gasteiger partial charge in [-0.3, -0.25) is 0 Å². The minimum atomic E-state index is 0.123. The van der Waals surface area contributed by atoms with E-state index in [0.29, 0.717) is 5.56 Å². The molecule has 0 aliphatic rings. The molecule has 0 saturated carbocycles. The van der Waals surface area contributed by atoms with E-state index < -0.39 is 0 Å². The number of thioether (sulfide) groups is 1. The Morgan fingerprint density at radius 1 is 0.763 bits per heavy atom. The Balaban J connectivity index is 1.66. The first-order valence-electron chi connectivity index (χ1n) is 12.9. The van der Waals surface area contributed by atoms with Gasteiger partial charge in [-0.1, -0.05) is 123 Å². The monoisotopic (exact) mass is 514 g/mol. The van der Waals surface area contributed by atoms with E-state index in [1.807, 2.05) is 18.2 Å². The van der Waals surface area contributed by atoms with Gasteiger partial charge in [-0.05, 0) is 59.2 Å². The molecule has 2 nitrogen and oxygen atoms in total. The van der Waals surface area contributed by atoms with Crippen LogP contribution in [0, 0.1) is 25.2 Å². The molecule has 0 atom stereocenters. The molecular formula is C35H34N2S. The lowest BCUT2D eigenvalue weighted by atomic mass is 9.87. The number of benzene rings is 3. The molecule has 190 valence electrons. The van der Waals surface area contributed by atoms with Gasteiger partial charge in [0, 0.05) is 5.75 Å². The van der Waals surface area contributed by atoms with Crippen LogP contribution in [0.1, 0.15) is 71.0 Å². The van der Waals surface area contributed by atoms with Crippen molar-refractivity contribution in [3.8, 4) is 6.07 Å². The van der Waals surface area contributed by atoms with Crippen LogP contribution < -0.4 is 0 Å². The van der Waals surface area contributed by atoms with Crippen LogP contribution >= 0.6 is 11.8 Å². The molecule has 0 N–H and O–H groups in total. The van der Waals surface area contributed by atoms with E-state index in [-0.39, 0.29) is 5.41 Å². The summed E-state index contributed by atoms with van der Waals surface area (Å²) in [5, 5.41) is 10.9. The van der Waals surface area contributed by atoms with Crippen LogP contribution in [0.25, 0.3) is 24.3 Å². The molecule has 0 saturated heterocycles. The Kier molecular flexibility index (Phi) is 8.66. The van der Waals surface area contributed by atoms with Gasteiger partial charge in [0.25, 0.3) is 0 Å². The van der Waals surface area contributed by atoms with Crippen LogP contribution in [0.4, 0.5) is 0 Å². The molecule has 0 fully saturated rings. The van der Waals surface area contributed by atoms with Crippen molar-refractivity contribution in [3.05, 3.63) is 129 Å². The zero-order valence-electron chi connectivity index (χ0n) is 22.8. The molecule has 0 bridgehead atoms. The fourth-order valence-electron chi connectivity index (χ4n) is 3.97. The van der Waals surface area contributed by atoms with Crippen LogP contribution in [0.15, 0.2) is 83.9 Å². The van der Waals surface area contributed by atoms with E-state index in [0.717, 1.165) is 33.2 Å². The average Bonchev–Trinajstić information content (AvgIpc) is 2.91. The highest BCUT2D eigenvalue weighted by atomic mass is 32.2. The summed E-state index contributed by atoms with van der Waals surface area (Å²) in [7, 11) is 0. The molecule has 38 heavy (non-hydrogen) atoms. The molecule has 0 amide bonds. The van der Waals surface area contributed by atoms with Crippen LogP contribution in [0.3, 0.4) is 0 Å². The van der Waals surface area contributed by atoms with Gasteiger partial charge < -0.3 is 0 Å². The highest BCUT2D eigenvalue weighted by molar-refractivity contribution is 7.98. The summed E-state index contributed by atoms with van der Waals surface area (Å²) >= 11 is 1.61. The molecule has 4 aromatic rings. The number of hydrogen-bond acceptors (Lipinski definition) is 3. The van der Waals surface area contributed by atoms with Gasteiger partial charge in [-0.15, -0.1) is 11.8 Å². The Morgan fingerprint density at radius 3 is 1.84 bits per heavy atom. The minimum Gasteiger partial charge on any atom is -0.241 e. The summed E-state index contributed by atoms with van der Waals surface area (Å²) in [5.74, 6) is 0.748. The van der Waals surface area contributed by atoms with Crippen molar-refractivity contribution < 1.29 is 0 Å². The van der Waals surface area contributed by atoms with Gasteiger partial charge in [-0.25, -0.2) is 4.98 Å². The van der Waals surface area contributed by atoms with Crippen LogP contribution in [-0.2, 0) is 11.2 Å². The van der Waals surface area contributed by atoms with Gasteiger partial charge in [0.1, 0.15) is 11.1 Å². The number of aromatic nitrogens is 1. The smallest absolute Gasteiger partial charge is 0.115 e. The van der Waals surface area contributed by atoms with E-state index in [2.05, 4.69) is 126 Å². The quantitative estimate of drug-likeness (QED) is 0.230. The second-order valence-electron chi connectivity index (χ2n) is 10.7. The van der Waals surface area contributed by atoms with E-state index in [1.165, 1.54) is 22.3 Å². The maximum atomic E-state index is 10.1. The zero-order chi connectivity index (χ0) is 27.1. The zero-order valence-corrected chi connectivity index (χ0v) is 23.6. The molecule has 0 spiro atoms. The van der Waals surface area contributed by atoms with Crippen molar-refractivity contribution in [2.75, 3.05) is 0 Å². The van der Waals surface area contributed by atoms with Crippen molar-refractivity contribution in [1.82, 2.24) is 4.98 Å². The predicted molar refractivity (Wildman–Crippen MR) is 164 cm³/mol. The summed E-state index contributed by atoms with van der Waals surface area (Å²) in [5.41, 5.74) is 9.64. The summed E-state index contributed by atoms with van der Waals surface area (Å²) in [6.45, 7) is 10.8. The third kappa shape index (κ3) is 7.34. The number of aryl methyl sites for hydroxylation is 2. The lowest BCUT2D eigenvalue weighted by Gasteiger charge is -2.19. The van der Waals surface area contributed by atoms with Crippen molar-refractivity contribution in [3.63, 3.8) is 0 Å². The highest BCUT2D eigenvalue weighted by Crippen LogP contribution is 2.30. The molecule has 3 aromatic carbocycles. The van der Waals surface area contributed by atoms with E-state index in [9.17, 15) is 5.26 Å². The second kappa shape index (κ2) is 12.1. The first kappa shape index (κ1) is 27.2. The van der Waals surface area contributed by atoms with Gasteiger partial charge in [-0.2, -0.15) is 5.26 Å². The lowest BCUT2D eigenvalue weighted by Crippen LogP contribution is -2.10. The highest BCUT2D eigenvalue weighted by Gasteiger charge is 2.14. The van der Waals surface area contributed by atoms with Gasteiger partial charge >= 0.3 is 0 Å². The average molecular weight is 515 g/mol. The van der Waals surface area contributed by atoms with Crippen molar-refractivity contribution in [2.45, 2.75) is 50.8 Å². The SMILES string of the molecule is Cc1ccc(/C=C/c2cc(/C=C/c3ccc(C)cc3)c(C#N)c(SCc3ccc(C(C)(C)C)cc3)n2)cc1. The maximum absolute atomic E-state index is 10.1. The third-order valence-corrected chi connectivity index (χ3v) is 7.45. The lowest BCUT2D eigenvalue weighted by molar-refractivity contribution is 0.590. The molecule has 0 radical (unpaired) electrons. The normalized spacial score (nSPS) is 11.8. The van der Waals surface area contributed by atoms with E-state index in [4.69, 9.17) is 4.98 Å². The molecule has 0 aliphatic heterocycles. The summed E-state index contributed by atoms with van der Waals surface area (Å²) in [4.78, 5) is 4.90. The maximum Gasteiger partial charge on any atom is 0.115 e. The predicted octanol–water partition coefficient (Wildman–Crippen LogP) is 9.50. The Labute approximate surface area is 231 Å². The van der Waals surface area contributed by atoms with E-state index >= 15 is 0 Å². The molecule has 3 heteroatoms. The fraction of sp³-hybridized carbons (Fsp3) is 0.200. The summed E-state index contributed by atoms with van der Waals surface area (Å²) in [6.07, 6.45) is 8.18. The number of pyridine rings is 1. The molecule has 4 rings (SSSR count). The molecular weight excluding hydrogens is 480 g/mol. The fourth-order valence-corrected chi connectivity index (χ4v) is 4.94. The van der Waals surface area contributed by atoms with Gasteiger partial charge in [0.2, 0.25) is 0 Å². The van der Waals surface area contributed by atoms with Crippen molar-refractivity contribution >= 4 is 36.1 Å². The van der Waals surface area contributed by atoms with Crippen LogP contribution in [0.5, 0.6) is 0 Å². The van der Waals surface area contributed by atoms with Crippen molar-refractivity contribution in [2.24, 2.45) is 0 Å². The van der Waals surface area contributed by atoms with E-state index in [1.54, 1.807) is 11.8 Å². The topological polar surface area (TPSA) is 36.7 Å². The summed E-state index contributed by atoms with van der Waals surface area (Å²) < 4.78 is 0. The first-order chi connectivity index (χ1) is 18.2. The van der Waals surface area contributed by atoms with Crippen LogP contribution in [0.2, 0.25) is 0 Å². The Hall–Kier alpha value is -3.87. The Morgan fingerprint density at radius 2 is 1.32 bits per heavy atom. The molecule has 1 heterocycles. The first-order valence-corrected chi connectivity index (χ1v) is 13.9. The number of hydrogen-bond donors (Lipinski definition) is 0. The number of nitriles is 1.